The fourth-order valence-electron chi connectivity index (χ4n) is 1.43. The first-order chi connectivity index (χ1) is 3.87. The summed E-state index contributed by atoms with van der Waals surface area (Å²) in [6.45, 7) is 3.28. The maximum atomic E-state index is 5.37. The van der Waals surface area contributed by atoms with Crippen LogP contribution in [0.3, 0.4) is 0 Å². The van der Waals surface area contributed by atoms with Gasteiger partial charge in [-0.05, 0) is 25.2 Å². The Morgan fingerprint density at radius 3 is 2.38 bits per heavy atom. The minimum Gasteiger partial charge on any atom is -0.369 e. The van der Waals surface area contributed by atoms with Crippen LogP contribution >= 0.6 is 0 Å². The highest BCUT2D eigenvalue weighted by Gasteiger charge is 2.54. The monoisotopic (exact) mass is 112 g/mol. The molecule has 0 aromatic carbocycles. The van der Waals surface area contributed by atoms with Gasteiger partial charge >= 0.3 is 0 Å². The predicted molar refractivity (Wildman–Crippen MR) is 31.7 cm³/mol. The topological polar surface area (TPSA) is 12.5 Å². The molecule has 0 bridgehead atoms. The van der Waals surface area contributed by atoms with Crippen molar-refractivity contribution in [2.75, 3.05) is 6.61 Å². The molecule has 0 aromatic heterocycles. The van der Waals surface area contributed by atoms with E-state index in [-0.39, 0.29) is 0 Å². The lowest BCUT2D eigenvalue weighted by Crippen LogP contribution is -2.10. The molecule has 1 unspecified atom stereocenters. The molecule has 2 fully saturated rings. The summed E-state index contributed by atoms with van der Waals surface area (Å²) in [5.74, 6) is 0.951. The number of ether oxygens (including phenoxy) is 1. The van der Waals surface area contributed by atoms with Crippen LogP contribution < -0.4 is 0 Å². The van der Waals surface area contributed by atoms with Crippen LogP contribution in [0, 0.1) is 5.92 Å². The zero-order chi connectivity index (χ0) is 5.61. The molecule has 0 spiro atoms. The second kappa shape index (κ2) is 1.27. The highest BCUT2D eigenvalue weighted by Crippen LogP contribution is 2.51. The van der Waals surface area contributed by atoms with Crippen molar-refractivity contribution >= 4 is 0 Å². The maximum absolute atomic E-state index is 5.37. The van der Waals surface area contributed by atoms with Crippen LogP contribution in [0.15, 0.2) is 0 Å². The Bertz CT molecular complexity index is 101. The molecule has 0 N–H and O–H groups in total. The van der Waals surface area contributed by atoms with E-state index in [2.05, 4.69) is 6.92 Å². The fourth-order valence-corrected chi connectivity index (χ4v) is 1.43. The third kappa shape index (κ3) is 0.510. The molecule has 0 amide bonds. The van der Waals surface area contributed by atoms with Gasteiger partial charge in [-0.3, -0.25) is 0 Å². The summed E-state index contributed by atoms with van der Waals surface area (Å²) in [5.41, 5.74) is 0.403. The first-order valence-electron chi connectivity index (χ1n) is 3.51. The van der Waals surface area contributed by atoms with Gasteiger partial charge in [-0.1, -0.05) is 6.92 Å². The van der Waals surface area contributed by atoms with Crippen LogP contribution in [-0.4, -0.2) is 12.2 Å². The van der Waals surface area contributed by atoms with Crippen molar-refractivity contribution in [3.05, 3.63) is 0 Å². The molecule has 8 heavy (non-hydrogen) atoms. The molecule has 1 saturated carbocycles. The zero-order valence-electron chi connectivity index (χ0n) is 5.31. The van der Waals surface area contributed by atoms with Gasteiger partial charge in [-0.15, -0.1) is 0 Å². The lowest BCUT2D eigenvalue weighted by Gasteiger charge is -2.03. The average Bonchev–Trinajstić information content (AvgIpc) is 2.63. The normalized spacial score (nSPS) is 44.6. The summed E-state index contributed by atoms with van der Waals surface area (Å²) in [6, 6.07) is 0. The van der Waals surface area contributed by atoms with Gasteiger partial charge in [0.25, 0.3) is 0 Å². The zero-order valence-corrected chi connectivity index (χ0v) is 5.31. The van der Waals surface area contributed by atoms with Gasteiger partial charge in [-0.2, -0.15) is 0 Å². The van der Waals surface area contributed by atoms with E-state index in [9.17, 15) is 0 Å². The molecule has 0 radical (unpaired) electrons. The van der Waals surface area contributed by atoms with E-state index in [4.69, 9.17) is 4.74 Å². The van der Waals surface area contributed by atoms with Gasteiger partial charge in [0.1, 0.15) is 0 Å². The third-order valence-corrected chi connectivity index (χ3v) is 2.43. The van der Waals surface area contributed by atoms with E-state index in [1.807, 2.05) is 0 Å². The molecule has 1 aliphatic carbocycles. The quantitative estimate of drug-likeness (QED) is 0.494. The molecule has 0 aromatic rings. The van der Waals surface area contributed by atoms with Crippen molar-refractivity contribution in [1.82, 2.24) is 0 Å². The summed E-state index contributed by atoms with van der Waals surface area (Å²) in [5, 5.41) is 0. The van der Waals surface area contributed by atoms with Gasteiger partial charge < -0.3 is 4.74 Å². The van der Waals surface area contributed by atoms with Gasteiger partial charge in [0.2, 0.25) is 0 Å². The number of hydrogen-bond donors (Lipinski definition) is 0. The second-order valence-electron chi connectivity index (χ2n) is 2.98. The SMILES string of the molecule is CCC1(C2CC2)CO1. The molecule has 1 atom stereocenters. The molecule has 1 nitrogen and oxygen atoms in total. The van der Waals surface area contributed by atoms with E-state index in [1.54, 1.807) is 0 Å². The number of rotatable bonds is 2. The molecule has 1 heterocycles. The number of hydrogen-bond acceptors (Lipinski definition) is 1. The van der Waals surface area contributed by atoms with E-state index in [0.717, 1.165) is 12.5 Å². The van der Waals surface area contributed by atoms with Crippen molar-refractivity contribution in [1.29, 1.82) is 0 Å². The third-order valence-electron chi connectivity index (χ3n) is 2.43. The van der Waals surface area contributed by atoms with E-state index in [0.29, 0.717) is 5.60 Å². The predicted octanol–water partition coefficient (Wildman–Crippen LogP) is 1.58. The molecular weight excluding hydrogens is 100 g/mol. The smallest absolute Gasteiger partial charge is 0.0941 e. The highest BCUT2D eigenvalue weighted by atomic mass is 16.6. The first kappa shape index (κ1) is 4.80. The molecule has 1 saturated heterocycles. The molecular formula is C7H12O. The van der Waals surface area contributed by atoms with Crippen LogP contribution in [0.4, 0.5) is 0 Å². The highest BCUT2D eigenvalue weighted by molar-refractivity contribution is 5.03. The van der Waals surface area contributed by atoms with Crippen molar-refractivity contribution in [2.24, 2.45) is 5.92 Å². The van der Waals surface area contributed by atoms with E-state index < -0.39 is 0 Å². The Kier molecular flexibility index (Phi) is 0.762. The van der Waals surface area contributed by atoms with Crippen LogP contribution in [-0.2, 0) is 4.74 Å². The summed E-state index contributed by atoms with van der Waals surface area (Å²) in [6.07, 6.45) is 4.08. The lowest BCUT2D eigenvalue weighted by molar-refractivity contribution is 0.267. The van der Waals surface area contributed by atoms with Gasteiger partial charge in [0.15, 0.2) is 0 Å². The summed E-state index contributed by atoms with van der Waals surface area (Å²) in [7, 11) is 0. The largest absolute Gasteiger partial charge is 0.369 e. The average molecular weight is 112 g/mol. The van der Waals surface area contributed by atoms with Crippen LogP contribution in [0.5, 0.6) is 0 Å². The molecule has 2 aliphatic rings. The Morgan fingerprint density at radius 1 is 1.62 bits per heavy atom. The van der Waals surface area contributed by atoms with Gasteiger partial charge in [0, 0.05) is 0 Å². The molecule has 1 heteroatoms. The molecule has 2 rings (SSSR count). The second-order valence-corrected chi connectivity index (χ2v) is 2.98. The minimum atomic E-state index is 0.403. The van der Waals surface area contributed by atoms with E-state index >= 15 is 0 Å². The van der Waals surface area contributed by atoms with Crippen molar-refractivity contribution < 1.29 is 4.74 Å². The summed E-state index contributed by atoms with van der Waals surface area (Å²) >= 11 is 0. The lowest BCUT2D eigenvalue weighted by atomic mass is 10.0. The maximum Gasteiger partial charge on any atom is 0.0941 e. The molecule has 1 aliphatic heterocycles. The van der Waals surface area contributed by atoms with Crippen molar-refractivity contribution in [2.45, 2.75) is 31.8 Å². The van der Waals surface area contributed by atoms with Crippen LogP contribution in [0.1, 0.15) is 26.2 Å². The first-order valence-corrected chi connectivity index (χ1v) is 3.51. The van der Waals surface area contributed by atoms with E-state index in [1.165, 1.54) is 19.3 Å². The van der Waals surface area contributed by atoms with Gasteiger partial charge in [0.05, 0.1) is 12.2 Å². The summed E-state index contributed by atoms with van der Waals surface area (Å²) in [4.78, 5) is 0. The van der Waals surface area contributed by atoms with Gasteiger partial charge in [-0.25, -0.2) is 0 Å². The minimum absolute atomic E-state index is 0.403. The van der Waals surface area contributed by atoms with Crippen molar-refractivity contribution in [3.63, 3.8) is 0 Å². The number of epoxide rings is 1. The Labute approximate surface area is 50.0 Å². The standard InChI is InChI=1S/C7H12O/c1-2-7(5-8-7)6-3-4-6/h6H,2-5H2,1H3. The van der Waals surface area contributed by atoms with Crippen LogP contribution in [0.25, 0.3) is 0 Å². The Morgan fingerprint density at radius 2 is 2.25 bits per heavy atom. The van der Waals surface area contributed by atoms with Crippen molar-refractivity contribution in [3.8, 4) is 0 Å². The summed E-state index contributed by atoms with van der Waals surface area (Å²) < 4.78 is 5.37. The molecule has 46 valence electrons. The Balaban J connectivity index is 1.99. The fraction of sp³-hybridized carbons (Fsp3) is 1.00. The van der Waals surface area contributed by atoms with Crippen LogP contribution in [0.2, 0.25) is 0 Å². The Hall–Kier alpha value is -0.0400.